The second-order valence-corrected chi connectivity index (χ2v) is 8.60. The number of ether oxygens (including phenoxy) is 2. The van der Waals surface area contributed by atoms with Crippen molar-refractivity contribution in [2.45, 2.75) is 6.10 Å². The predicted octanol–water partition coefficient (Wildman–Crippen LogP) is 4.12. The molecule has 3 aromatic heterocycles. The number of furan rings is 1. The van der Waals surface area contributed by atoms with Crippen LogP contribution >= 0.6 is 22.9 Å². The molecule has 0 N–H and O–H groups in total. The third-order valence-corrected chi connectivity index (χ3v) is 6.20. The quantitative estimate of drug-likeness (QED) is 0.400. The summed E-state index contributed by atoms with van der Waals surface area (Å²) in [6.07, 6.45) is 1.21. The molecule has 0 bridgehead atoms. The number of hydrogen-bond donors (Lipinski definition) is 0. The highest BCUT2D eigenvalue weighted by Crippen LogP contribution is 2.35. The van der Waals surface area contributed by atoms with E-state index in [0.717, 1.165) is 5.56 Å². The molecule has 1 atom stereocenters. The van der Waals surface area contributed by atoms with Crippen molar-refractivity contribution >= 4 is 34.0 Å². The molecule has 1 unspecified atom stereocenters. The molecule has 4 heterocycles. The van der Waals surface area contributed by atoms with E-state index in [1.165, 1.54) is 15.9 Å². The van der Waals surface area contributed by atoms with Crippen LogP contribution in [0.25, 0.3) is 22.4 Å². The standard InChI is InChI=1S/C23H14ClN3O4S/c24-14-5-3-4-13(10-14)16-9-8-15(30-16)11-20-22(28)27-23(32-20)25-21(26-27)19-12-29-17-6-1-2-7-18(17)31-19/h1-11,19H,12H2. The monoisotopic (exact) mass is 463 g/mol. The lowest BCUT2D eigenvalue weighted by Gasteiger charge is -2.24. The molecule has 7 nitrogen and oxygen atoms in total. The average Bonchev–Trinajstić information content (AvgIpc) is 3.51. The number of fused-ring (bicyclic) bond motifs is 2. The number of benzene rings is 2. The van der Waals surface area contributed by atoms with Gasteiger partial charge in [0.25, 0.3) is 5.56 Å². The number of nitrogens with zero attached hydrogens (tertiary/aromatic N) is 3. The first-order valence-corrected chi connectivity index (χ1v) is 11.0. The number of halogens is 1. The summed E-state index contributed by atoms with van der Waals surface area (Å²) in [6, 6.07) is 18.5. The highest BCUT2D eigenvalue weighted by atomic mass is 35.5. The summed E-state index contributed by atoms with van der Waals surface area (Å²) >= 11 is 7.30. The van der Waals surface area contributed by atoms with E-state index >= 15 is 0 Å². The number of aromatic nitrogens is 3. The lowest BCUT2D eigenvalue weighted by atomic mass is 10.2. The Morgan fingerprint density at radius 3 is 2.81 bits per heavy atom. The van der Waals surface area contributed by atoms with Gasteiger partial charge in [-0.05, 0) is 36.4 Å². The molecule has 5 aromatic rings. The Bertz CT molecular complexity index is 1570. The number of rotatable bonds is 3. The summed E-state index contributed by atoms with van der Waals surface area (Å²) in [5, 5.41) is 5.00. The zero-order valence-electron chi connectivity index (χ0n) is 16.4. The maximum absolute atomic E-state index is 12.9. The fourth-order valence-electron chi connectivity index (χ4n) is 3.49. The van der Waals surface area contributed by atoms with Gasteiger partial charge in [0.2, 0.25) is 4.96 Å². The summed E-state index contributed by atoms with van der Waals surface area (Å²) in [6.45, 7) is 0.278. The molecule has 9 heteroatoms. The van der Waals surface area contributed by atoms with Crippen LogP contribution in [-0.4, -0.2) is 21.2 Å². The Balaban J connectivity index is 1.30. The van der Waals surface area contributed by atoms with Crippen LogP contribution in [0.5, 0.6) is 11.5 Å². The van der Waals surface area contributed by atoms with E-state index in [2.05, 4.69) is 10.1 Å². The second kappa shape index (κ2) is 7.51. The maximum Gasteiger partial charge on any atom is 0.291 e. The summed E-state index contributed by atoms with van der Waals surface area (Å²) in [5.41, 5.74) is 0.602. The van der Waals surface area contributed by atoms with Gasteiger partial charge in [-0.3, -0.25) is 4.79 Å². The SMILES string of the molecule is O=c1c(=Cc2ccc(-c3cccc(Cl)c3)o2)sc2nc(C3COc4ccccc4O3)nn12. The van der Waals surface area contributed by atoms with E-state index in [1.54, 1.807) is 12.1 Å². The molecule has 0 spiro atoms. The lowest BCUT2D eigenvalue weighted by Crippen LogP contribution is -2.26. The van der Waals surface area contributed by atoms with Gasteiger partial charge in [-0.15, -0.1) is 5.10 Å². The van der Waals surface area contributed by atoms with Gasteiger partial charge in [0.15, 0.2) is 23.4 Å². The Kier molecular flexibility index (Phi) is 4.48. The second-order valence-electron chi connectivity index (χ2n) is 7.16. The molecule has 0 saturated carbocycles. The minimum Gasteiger partial charge on any atom is -0.485 e. The predicted molar refractivity (Wildman–Crippen MR) is 120 cm³/mol. The third kappa shape index (κ3) is 3.34. The van der Waals surface area contributed by atoms with Gasteiger partial charge in [-0.25, -0.2) is 0 Å². The molecule has 1 aliphatic rings. The highest BCUT2D eigenvalue weighted by Gasteiger charge is 2.27. The van der Waals surface area contributed by atoms with Crippen LogP contribution < -0.4 is 19.6 Å². The van der Waals surface area contributed by atoms with E-state index in [-0.39, 0.29) is 12.2 Å². The topological polar surface area (TPSA) is 78.9 Å². The van der Waals surface area contributed by atoms with Crippen molar-refractivity contribution in [2.75, 3.05) is 6.61 Å². The van der Waals surface area contributed by atoms with Crippen molar-refractivity contribution in [3.05, 3.63) is 92.2 Å². The number of thiazole rings is 1. The van der Waals surface area contributed by atoms with Crippen LogP contribution in [0.15, 0.2) is 69.9 Å². The van der Waals surface area contributed by atoms with Gasteiger partial charge in [-0.1, -0.05) is 47.2 Å². The smallest absolute Gasteiger partial charge is 0.291 e. The Labute approximate surface area is 190 Å². The van der Waals surface area contributed by atoms with E-state index in [1.807, 2.05) is 54.6 Å². The fraction of sp³-hybridized carbons (Fsp3) is 0.0870. The molecule has 0 radical (unpaired) electrons. The van der Waals surface area contributed by atoms with Crippen molar-refractivity contribution < 1.29 is 13.9 Å². The molecule has 0 aliphatic carbocycles. The first-order valence-electron chi connectivity index (χ1n) is 9.79. The van der Waals surface area contributed by atoms with Gasteiger partial charge in [0, 0.05) is 16.7 Å². The third-order valence-electron chi connectivity index (χ3n) is 5.00. The summed E-state index contributed by atoms with van der Waals surface area (Å²) in [4.78, 5) is 17.8. The fourth-order valence-corrected chi connectivity index (χ4v) is 4.57. The summed E-state index contributed by atoms with van der Waals surface area (Å²) < 4.78 is 19.3. The molecule has 0 amide bonds. The van der Waals surface area contributed by atoms with Crippen molar-refractivity contribution in [3.63, 3.8) is 0 Å². The Morgan fingerprint density at radius 2 is 1.97 bits per heavy atom. The van der Waals surface area contributed by atoms with Gasteiger partial charge in [0.05, 0.1) is 0 Å². The minimum atomic E-state index is -0.478. The normalized spacial score (nSPS) is 16.0. The van der Waals surface area contributed by atoms with Crippen LogP contribution in [0.3, 0.4) is 0 Å². The van der Waals surface area contributed by atoms with E-state index in [0.29, 0.717) is 43.4 Å². The van der Waals surface area contributed by atoms with Crippen LogP contribution in [0.2, 0.25) is 5.02 Å². The van der Waals surface area contributed by atoms with E-state index < -0.39 is 6.10 Å². The molecular formula is C23H14ClN3O4S. The Morgan fingerprint density at radius 1 is 1.09 bits per heavy atom. The van der Waals surface area contributed by atoms with E-state index in [4.69, 9.17) is 25.5 Å². The molecule has 2 aromatic carbocycles. The molecule has 1 aliphatic heterocycles. The van der Waals surface area contributed by atoms with Gasteiger partial charge >= 0.3 is 0 Å². The van der Waals surface area contributed by atoms with Crippen LogP contribution in [0.4, 0.5) is 0 Å². The maximum atomic E-state index is 12.9. The summed E-state index contributed by atoms with van der Waals surface area (Å²) in [5.74, 6) is 2.95. The largest absolute Gasteiger partial charge is 0.485 e. The number of hydrogen-bond acceptors (Lipinski definition) is 7. The molecule has 0 fully saturated rings. The zero-order valence-corrected chi connectivity index (χ0v) is 18.0. The van der Waals surface area contributed by atoms with Gasteiger partial charge in [-0.2, -0.15) is 9.50 Å². The highest BCUT2D eigenvalue weighted by molar-refractivity contribution is 7.15. The molecule has 6 rings (SSSR count). The van der Waals surface area contributed by atoms with Crippen molar-refractivity contribution in [1.82, 2.24) is 14.6 Å². The molecule has 32 heavy (non-hydrogen) atoms. The zero-order chi connectivity index (χ0) is 21.7. The first-order chi connectivity index (χ1) is 15.6. The van der Waals surface area contributed by atoms with Crippen LogP contribution in [-0.2, 0) is 0 Å². The number of para-hydroxylation sites is 2. The van der Waals surface area contributed by atoms with Crippen LogP contribution in [0.1, 0.15) is 17.7 Å². The molecular weight excluding hydrogens is 450 g/mol. The minimum absolute atomic E-state index is 0.262. The van der Waals surface area contributed by atoms with Crippen LogP contribution in [0, 0.1) is 0 Å². The summed E-state index contributed by atoms with van der Waals surface area (Å²) in [7, 11) is 0. The van der Waals surface area contributed by atoms with Gasteiger partial charge in [0.1, 0.15) is 22.7 Å². The average molecular weight is 464 g/mol. The van der Waals surface area contributed by atoms with Crippen molar-refractivity contribution in [1.29, 1.82) is 0 Å². The Hall–Kier alpha value is -3.62. The van der Waals surface area contributed by atoms with Gasteiger partial charge < -0.3 is 13.9 Å². The van der Waals surface area contributed by atoms with Crippen molar-refractivity contribution in [3.8, 4) is 22.8 Å². The molecule has 158 valence electrons. The molecule has 0 saturated heterocycles. The first kappa shape index (κ1) is 19.1. The lowest BCUT2D eigenvalue weighted by molar-refractivity contribution is 0.0852. The van der Waals surface area contributed by atoms with Crippen molar-refractivity contribution in [2.24, 2.45) is 0 Å². The van der Waals surface area contributed by atoms with E-state index in [9.17, 15) is 4.79 Å².